The maximum absolute atomic E-state index is 6.44. The molecule has 0 radical (unpaired) electrons. The lowest BCUT2D eigenvalue weighted by molar-refractivity contribution is 0.00130. The molecule has 0 amide bonds. The maximum Gasteiger partial charge on any atom is 0.229 e. The number of piperidine rings is 1. The molecule has 2 aliphatic heterocycles. The van der Waals surface area contributed by atoms with Crippen molar-refractivity contribution in [2.75, 3.05) is 62.1 Å². The van der Waals surface area contributed by atoms with Crippen LogP contribution in [0.15, 0.2) is 48.7 Å². The Morgan fingerprint density at radius 1 is 1.03 bits per heavy atom. The van der Waals surface area contributed by atoms with Gasteiger partial charge in [0.2, 0.25) is 5.95 Å². The van der Waals surface area contributed by atoms with Gasteiger partial charge >= 0.3 is 0 Å². The number of aryl methyl sites for hydroxylation is 1. The number of hydrogen-bond acceptors (Lipinski definition) is 6. The molecule has 3 aromatic rings. The van der Waals surface area contributed by atoms with Gasteiger partial charge in [-0.25, -0.2) is 4.98 Å². The van der Waals surface area contributed by atoms with E-state index < -0.39 is 0 Å². The number of nitrogens with one attached hydrogen (secondary N) is 2. The Balaban J connectivity index is 1.28. The van der Waals surface area contributed by atoms with Gasteiger partial charge in [0, 0.05) is 43.2 Å². The number of para-hydroxylation sites is 1. The van der Waals surface area contributed by atoms with Gasteiger partial charge in [-0.1, -0.05) is 37.7 Å². The van der Waals surface area contributed by atoms with Gasteiger partial charge in [0.25, 0.3) is 0 Å². The van der Waals surface area contributed by atoms with Crippen molar-refractivity contribution in [1.29, 1.82) is 0 Å². The van der Waals surface area contributed by atoms with Gasteiger partial charge in [0.05, 0.1) is 6.20 Å². The van der Waals surface area contributed by atoms with Crippen LogP contribution in [0.1, 0.15) is 18.4 Å². The summed E-state index contributed by atoms with van der Waals surface area (Å²) in [6.07, 6.45) is 4.21. The molecule has 2 saturated heterocycles. The fraction of sp³-hybridized carbons (Fsp3) is 0.407. The minimum absolute atomic E-state index is 0.258. The molecular weight excluding hydrogens is 475 g/mol. The monoisotopic (exact) mass is 508 g/mol. The average molecular weight is 509 g/mol. The van der Waals surface area contributed by atoms with Crippen LogP contribution < -0.4 is 20.8 Å². The number of hydrogen-bond donors (Lipinski definition) is 2. The number of rotatable bonds is 6. The van der Waals surface area contributed by atoms with Crippen molar-refractivity contribution in [1.82, 2.24) is 14.9 Å². The first kappa shape index (κ1) is 24.3. The minimum Gasteiger partial charge on any atom is -0.371 e. The summed E-state index contributed by atoms with van der Waals surface area (Å²) in [5.74, 6) is 1.12. The Kier molecular flexibility index (Phi) is 6.89. The SMILES string of the molecule is Cc1cc(Nc2ncc(Cl)c(Nc3ccccc3P(C)C)n2)ccc1N1CCC2(CC1)CN(C)C2. The molecule has 8 heteroatoms. The van der Waals surface area contributed by atoms with Crippen LogP contribution in [0, 0.1) is 12.3 Å². The zero-order valence-corrected chi connectivity index (χ0v) is 22.6. The summed E-state index contributed by atoms with van der Waals surface area (Å²) < 4.78 is 0. The molecule has 0 unspecified atom stereocenters. The Labute approximate surface area is 214 Å². The Hall–Kier alpha value is -2.40. The summed E-state index contributed by atoms with van der Waals surface area (Å²) in [5, 5.41) is 8.55. The number of anilines is 5. The average Bonchev–Trinajstić information content (AvgIpc) is 2.81. The van der Waals surface area contributed by atoms with Crippen LogP contribution in [-0.4, -0.2) is 61.4 Å². The van der Waals surface area contributed by atoms with Crippen molar-refractivity contribution in [2.45, 2.75) is 19.8 Å². The summed E-state index contributed by atoms with van der Waals surface area (Å²) >= 11 is 6.44. The Morgan fingerprint density at radius 3 is 2.46 bits per heavy atom. The van der Waals surface area contributed by atoms with Crippen LogP contribution in [0.4, 0.5) is 28.8 Å². The van der Waals surface area contributed by atoms with Gasteiger partial charge in [0.1, 0.15) is 5.02 Å². The van der Waals surface area contributed by atoms with E-state index >= 15 is 0 Å². The number of nitrogens with zero attached hydrogens (tertiary/aromatic N) is 4. The molecule has 1 spiro atoms. The summed E-state index contributed by atoms with van der Waals surface area (Å²) in [5.41, 5.74) is 5.16. The normalized spacial score (nSPS) is 17.5. The number of aromatic nitrogens is 2. The molecule has 0 aliphatic carbocycles. The third-order valence-corrected chi connectivity index (χ3v) is 8.84. The fourth-order valence-corrected chi connectivity index (χ4v) is 6.60. The van der Waals surface area contributed by atoms with Crippen LogP contribution in [0.3, 0.4) is 0 Å². The van der Waals surface area contributed by atoms with E-state index in [-0.39, 0.29) is 7.92 Å². The van der Waals surface area contributed by atoms with E-state index in [2.05, 4.69) is 94.1 Å². The van der Waals surface area contributed by atoms with E-state index in [0.29, 0.717) is 22.2 Å². The molecule has 1 aromatic heterocycles. The first-order valence-electron chi connectivity index (χ1n) is 12.2. The lowest BCUT2D eigenvalue weighted by Crippen LogP contribution is -2.58. The molecule has 6 nitrogen and oxygen atoms in total. The van der Waals surface area contributed by atoms with Gasteiger partial charge in [-0.3, -0.25) is 0 Å². The highest BCUT2D eigenvalue weighted by molar-refractivity contribution is 7.64. The summed E-state index contributed by atoms with van der Waals surface area (Å²) in [6.45, 7) is 11.4. The van der Waals surface area contributed by atoms with Crippen molar-refractivity contribution >= 4 is 53.7 Å². The van der Waals surface area contributed by atoms with Crippen molar-refractivity contribution in [3.8, 4) is 0 Å². The van der Waals surface area contributed by atoms with Gasteiger partial charge in [-0.15, -0.1) is 0 Å². The molecule has 0 saturated carbocycles. The zero-order chi connectivity index (χ0) is 24.6. The van der Waals surface area contributed by atoms with Crippen LogP contribution in [-0.2, 0) is 0 Å². The number of halogens is 1. The highest BCUT2D eigenvalue weighted by Crippen LogP contribution is 2.41. The molecule has 0 bridgehead atoms. The van der Waals surface area contributed by atoms with E-state index in [1.54, 1.807) is 6.20 Å². The molecule has 184 valence electrons. The van der Waals surface area contributed by atoms with E-state index in [1.807, 2.05) is 6.07 Å². The van der Waals surface area contributed by atoms with E-state index in [0.717, 1.165) is 24.5 Å². The second-order valence-corrected chi connectivity index (χ2v) is 12.9. The fourth-order valence-electron chi connectivity index (χ4n) is 5.47. The number of likely N-dealkylation sites (tertiary alicyclic amines) is 1. The number of benzene rings is 2. The van der Waals surface area contributed by atoms with Crippen molar-refractivity contribution in [3.05, 3.63) is 59.2 Å². The van der Waals surface area contributed by atoms with Crippen LogP contribution in [0.2, 0.25) is 5.02 Å². The third-order valence-electron chi connectivity index (χ3n) is 7.21. The second-order valence-electron chi connectivity index (χ2n) is 10.2. The molecule has 2 aliphatic rings. The minimum atomic E-state index is -0.258. The lowest BCUT2D eigenvalue weighted by atomic mass is 9.72. The van der Waals surface area contributed by atoms with Crippen LogP contribution in [0.5, 0.6) is 0 Å². The summed E-state index contributed by atoms with van der Waals surface area (Å²) in [4.78, 5) is 14.1. The topological polar surface area (TPSA) is 56.3 Å². The van der Waals surface area contributed by atoms with Gasteiger partial charge in [-0.05, 0) is 80.7 Å². The zero-order valence-electron chi connectivity index (χ0n) is 21.0. The largest absolute Gasteiger partial charge is 0.371 e. The highest BCUT2D eigenvalue weighted by Gasteiger charge is 2.43. The van der Waals surface area contributed by atoms with E-state index in [4.69, 9.17) is 11.6 Å². The van der Waals surface area contributed by atoms with Crippen LogP contribution >= 0.6 is 19.5 Å². The van der Waals surface area contributed by atoms with Crippen LogP contribution in [0.25, 0.3) is 0 Å². The molecule has 35 heavy (non-hydrogen) atoms. The first-order chi connectivity index (χ1) is 16.8. The van der Waals surface area contributed by atoms with Crippen molar-refractivity contribution in [3.63, 3.8) is 0 Å². The van der Waals surface area contributed by atoms with Crippen molar-refractivity contribution < 1.29 is 0 Å². The van der Waals surface area contributed by atoms with E-state index in [1.165, 1.54) is 42.5 Å². The van der Waals surface area contributed by atoms with Gasteiger partial charge < -0.3 is 20.4 Å². The molecule has 0 atom stereocenters. The quantitative estimate of drug-likeness (QED) is 0.409. The smallest absolute Gasteiger partial charge is 0.229 e. The predicted octanol–water partition coefficient (Wildman–Crippen LogP) is 5.82. The maximum atomic E-state index is 6.44. The molecule has 3 heterocycles. The molecule has 2 fully saturated rings. The summed E-state index contributed by atoms with van der Waals surface area (Å²) in [7, 11) is 1.97. The lowest BCUT2D eigenvalue weighted by Gasteiger charge is -2.53. The highest BCUT2D eigenvalue weighted by atomic mass is 35.5. The Morgan fingerprint density at radius 2 is 1.77 bits per heavy atom. The first-order valence-corrected chi connectivity index (χ1v) is 14.8. The molecule has 5 rings (SSSR count). The second kappa shape index (κ2) is 9.93. The molecular formula is C27H34ClN6P. The van der Waals surface area contributed by atoms with Gasteiger partial charge in [-0.2, -0.15) is 4.98 Å². The third kappa shape index (κ3) is 5.25. The Bertz CT molecular complexity index is 1200. The standard InChI is InChI=1S/C27H34ClN6P/c1-19-15-20(9-10-23(19)34-13-11-27(12-14-34)17-33(2)18-27)30-26-29-16-21(28)25(32-26)31-22-7-5-6-8-24(22)35(3)4/h5-10,15-16H,11-14,17-18H2,1-4H3,(H2,29,30,31,32). The molecule has 2 N–H and O–H groups in total. The molecule has 2 aromatic carbocycles. The van der Waals surface area contributed by atoms with Crippen molar-refractivity contribution in [2.24, 2.45) is 5.41 Å². The van der Waals surface area contributed by atoms with E-state index in [9.17, 15) is 0 Å². The summed E-state index contributed by atoms with van der Waals surface area (Å²) in [6, 6.07) is 14.8. The van der Waals surface area contributed by atoms with Gasteiger partial charge in [0.15, 0.2) is 5.82 Å². The predicted molar refractivity (Wildman–Crippen MR) is 151 cm³/mol.